The van der Waals surface area contributed by atoms with E-state index >= 15 is 0 Å². The fourth-order valence-electron chi connectivity index (χ4n) is 5.80. The second-order valence-corrected chi connectivity index (χ2v) is 17.4. The van der Waals surface area contributed by atoms with Crippen molar-refractivity contribution in [2.24, 2.45) is 0 Å². The van der Waals surface area contributed by atoms with Crippen LogP contribution in [-0.4, -0.2) is 70.0 Å². The summed E-state index contributed by atoms with van der Waals surface area (Å²) in [6, 6.07) is 0. The Morgan fingerprint density at radius 2 is 1.00 bits per heavy atom. The lowest BCUT2D eigenvalue weighted by molar-refractivity contribution is -0.870. The Morgan fingerprint density at radius 1 is 0.561 bits per heavy atom. The number of hydrogen-bond acceptors (Lipinski definition) is 8. The number of hydrogen-bond donors (Lipinski definition) is 0. The number of quaternary nitrogens is 1. The fraction of sp³-hybridized carbons (Fsp3) is 0.745. The molecule has 0 rings (SSSR count). The fourth-order valence-corrected chi connectivity index (χ4v) is 6.53. The van der Waals surface area contributed by atoms with E-state index in [4.69, 9.17) is 18.5 Å². The Bertz CT molecular complexity index is 1160. The van der Waals surface area contributed by atoms with Gasteiger partial charge in [0.2, 0.25) is 0 Å². The number of rotatable bonds is 40. The molecule has 10 heteroatoms. The quantitative estimate of drug-likeness (QED) is 0.0197. The van der Waals surface area contributed by atoms with E-state index in [1.54, 1.807) is 0 Å². The van der Waals surface area contributed by atoms with Crippen LogP contribution >= 0.6 is 7.82 Å². The molecule has 0 N–H and O–H groups in total. The molecule has 0 bridgehead atoms. The van der Waals surface area contributed by atoms with Crippen LogP contribution in [0.2, 0.25) is 0 Å². The normalized spacial score (nSPS) is 14.1. The van der Waals surface area contributed by atoms with Crippen LogP contribution in [0.3, 0.4) is 0 Å². The Labute approximate surface area is 349 Å². The average molecular weight is 822 g/mol. The molecule has 0 aromatic rings. The van der Waals surface area contributed by atoms with Crippen LogP contribution in [0.5, 0.6) is 0 Å². The third-order valence-corrected chi connectivity index (χ3v) is 10.3. The molecule has 0 aromatic heterocycles. The number of carbonyl (C=O) groups is 2. The molecule has 0 heterocycles. The number of allylic oxidation sites excluding steroid dienone is 10. The zero-order valence-corrected chi connectivity index (χ0v) is 37.9. The molecule has 0 amide bonds. The number of phosphoric ester groups is 1. The van der Waals surface area contributed by atoms with E-state index in [2.05, 4.69) is 74.6 Å². The second-order valence-electron chi connectivity index (χ2n) is 16.0. The van der Waals surface area contributed by atoms with Crippen LogP contribution < -0.4 is 4.89 Å². The van der Waals surface area contributed by atoms with E-state index in [-0.39, 0.29) is 26.1 Å². The number of carbonyl (C=O) groups excluding carboxylic acids is 2. The Balaban J connectivity index is 4.10. The highest BCUT2D eigenvalue weighted by molar-refractivity contribution is 7.45. The first-order valence-corrected chi connectivity index (χ1v) is 24.0. The van der Waals surface area contributed by atoms with Crippen LogP contribution in [0.1, 0.15) is 174 Å². The van der Waals surface area contributed by atoms with E-state index in [0.29, 0.717) is 17.4 Å². The molecule has 0 spiro atoms. The topological polar surface area (TPSA) is 111 Å². The van der Waals surface area contributed by atoms with Crippen LogP contribution in [-0.2, 0) is 32.7 Å². The van der Waals surface area contributed by atoms with Gasteiger partial charge in [-0.25, -0.2) is 0 Å². The minimum Gasteiger partial charge on any atom is -0.756 e. The van der Waals surface area contributed by atoms with Gasteiger partial charge in [0.05, 0.1) is 27.7 Å². The highest BCUT2D eigenvalue weighted by Crippen LogP contribution is 2.38. The molecule has 0 fully saturated rings. The standard InChI is InChI=1S/C47H84NO8P/c1-6-8-10-12-14-15-16-17-18-19-20-21-22-23-24-25-26-27-28-29-30-31-32-33-34-36-38-40-47(50)56-45(43-53-46(49)39-37-35-13-11-9-7-2)44-55-57(51,52)54-42-41-48(3,4)5/h8,10,14-15,17-18,20-21,23-24,45H,6-7,9,11-13,16,19,22,25-44H2,1-5H3/b10-8-,15-14-,18-17-,21-20-,24-23-. The molecule has 2 atom stereocenters. The maximum absolute atomic E-state index is 12.6. The van der Waals surface area contributed by atoms with Crippen molar-refractivity contribution in [3.63, 3.8) is 0 Å². The van der Waals surface area contributed by atoms with Crippen molar-refractivity contribution in [1.29, 1.82) is 0 Å². The summed E-state index contributed by atoms with van der Waals surface area (Å²) in [4.78, 5) is 37.3. The maximum Gasteiger partial charge on any atom is 0.306 e. The molecule has 0 aliphatic carbocycles. The highest BCUT2D eigenvalue weighted by atomic mass is 31.2. The van der Waals surface area contributed by atoms with E-state index in [1.807, 2.05) is 21.1 Å². The van der Waals surface area contributed by atoms with Gasteiger partial charge in [-0.2, -0.15) is 0 Å². The van der Waals surface area contributed by atoms with Gasteiger partial charge in [-0.15, -0.1) is 0 Å². The molecule has 2 unspecified atom stereocenters. The summed E-state index contributed by atoms with van der Waals surface area (Å²) < 4.78 is 33.7. The van der Waals surface area contributed by atoms with Gasteiger partial charge in [-0.05, 0) is 57.8 Å². The SMILES string of the molecule is CC/C=C\C/C=C\C/C=C\C/C=C\C/C=C\CCCCCCCCCCCCCC(=O)OC(COC(=O)CCCCCCCC)COP(=O)([O-])OCC[N+](C)(C)C. The molecular weight excluding hydrogens is 737 g/mol. The zero-order valence-electron chi connectivity index (χ0n) is 37.0. The highest BCUT2D eigenvalue weighted by Gasteiger charge is 2.21. The monoisotopic (exact) mass is 822 g/mol. The summed E-state index contributed by atoms with van der Waals surface area (Å²) in [6.07, 6.45) is 47.2. The largest absolute Gasteiger partial charge is 0.756 e. The predicted octanol–water partition coefficient (Wildman–Crippen LogP) is 12.2. The minimum absolute atomic E-state index is 0.0328. The smallest absolute Gasteiger partial charge is 0.306 e. The first-order valence-electron chi connectivity index (χ1n) is 22.5. The lowest BCUT2D eigenvalue weighted by Crippen LogP contribution is -2.37. The second kappa shape index (κ2) is 39.2. The Hall–Kier alpha value is -2.29. The molecular formula is C47H84NO8P. The van der Waals surface area contributed by atoms with Crippen molar-refractivity contribution in [2.75, 3.05) is 47.5 Å². The van der Waals surface area contributed by atoms with Gasteiger partial charge in [0.25, 0.3) is 7.82 Å². The molecule has 0 saturated heterocycles. The number of esters is 2. The van der Waals surface area contributed by atoms with E-state index in [9.17, 15) is 19.0 Å². The van der Waals surface area contributed by atoms with Gasteiger partial charge in [-0.1, -0.05) is 164 Å². The van der Waals surface area contributed by atoms with Gasteiger partial charge in [0.1, 0.15) is 19.8 Å². The third kappa shape index (κ3) is 43.1. The number of nitrogens with zero attached hydrogens (tertiary/aromatic N) is 1. The average Bonchev–Trinajstić information content (AvgIpc) is 3.16. The van der Waals surface area contributed by atoms with Gasteiger partial charge in [-0.3, -0.25) is 14.2 Å². The van der Waals surface area contributed by atoms with E-state index < -0.39 is 32.5 Å². The summed E-state index contributed by atoms with van der Waals surface area (Å²) in [7, 11) is 1.16. The molecule has 9 nitrogen and oxygen atoms in total. The molecule has 0 aromatic carbocycles. The maximum atomic E-state index is 12.6. The van der Waals surface area contributed by atoms with Crippen LogP contribution in [0.15, 0.2) is 60.8 Å². The minimum atomic E-state index is -4.62. The molecule has 0 aliphatic rings. The molecule has 57 heavy (non-hydrogen) atoms. The molecule has 330 valence electrons. The molecule has 0 saturated carbocycles. The molecule has 0 radical (unpaired) electrons. The molecule has 0 aliphatic heterocycles. The van der Waals surface area contributed by atoms with Crippen molar-refractivity contribution >= 4 is 19.8 Å². The summed E-state index contributed by atoms with van der Waals surface area (Å²) in [5.74, 6) is -0.850. The third-order valence-electron chi connectivity index (χ3n) is 9.30. The predicted molar refractivity (Wildman–Crippen MR) is 236 cm³/mol. The van der Waals surface area contributed by atoms with Crippen molar-refractivity contribution in [3.05, 3.63) is 60.8 Å². The summed E-state index contributed by atoms with van der Waals surface area (Å²) in [5, 5.41) is 0. The number of likely N-dealkylation sites (N-methyl/N-ethyl adjacent to an activating group) is 1. The number of unbranched alkanes of at least 4 members (excludes halogenated alkanes) is 16. The first-order chi connectivity index (χ1) is 27.5. The van der Waals surface area contributed by atoms with Gasteiger partial charge >= 0.3 is 11.9 Å². The summed E-state index contributed by atoms with van der Waals surface area (Å²) >= 11 is 0. The zero-order chi connectivity index (χ0) is 42.1. The lowest BCUT2D eigenvalue weighted by Gasteiger charge is -2.28. The van der Waals surface area contributed by atoms with Crippen molar-refractivity contribution < 1.29 is 42.1 Å². The Kier molecular flexibility index (Phi) is 37.6. The Morgan fingerprint density at radius 3 is 1.49 bits per heavy atom. The van der Waals surface area contributed by atoms with Crippen molar-refractivity contribution in [2.45, 2.75) is 180 Å². The van der Waals surface area contributed by atoms with Crippen molar-refractivity contribution in [1.82, 2.24) is 0 Å². The number of phosphoric acid groups is 1. The van der Waals surface area contributed by atoms with E-state index in [1.165, 1.54) is 51.4 Å². The van der Waals surface area contributed by atoms with Gasteiger partial charge in [0.15, 0.2) is 6.10 Å². The van der Waals surface area contributed by atoms with Gasteiger partial charge in [0, 0.05) is 12.8 Å². The van der Waals surface area contributed by atoms with Crippen LogP contribution in [0, 0.1) is 0 Å². The lowest BCUT2D eigenvalue weighted by atomic mass is 10.0. The summed E-state index contributed by atoms with van der Waals surface area (Å²) in [6.45, 7) is 4.03. The van der Waals surface area contributed by atoms with Gasteiger partial charge < -0.3 is 27.9 Å². The first kappa shape index (κ1) is 54.7. The van der Waals surface area contributed by atoms with Crippen LogP contribution in [0.25, 0.3) is 0 Å². The van der Waals surface area contributed by atoms with Crippen molar-refractivity contribution in [3.8, 4) is 0 Å². The van der Waals surface area contributed by atoms with Crippen LogP contribution in [0.4, 0.5) is 0 Å². The number of ether oxygens (including phenoxy) is 2. The van der Waals surface area contributed by atoms with E-state index in [0.717, 1.165) is 89.9 Å². The summed E-state index contributed by atoms with van der Waals surface area (Å²) in [5.41, 5.74) is 0.